The number of carbonyl (C=O) groups is 1. The summed E-state index contributed by atoms with van der Waals surface area (Å²) >= 11 is 0. The molecule has 0 unspecified atom stereocenters. The average Bonchev–Trinajstić information content (AvgIpc) is 3.17. The van der Waals surface area contributed by atoms with E-state index in [-0.39, 0.29) is 11.3 Å². The average molecular weight is 270 g/mol. The molecule has 100 valence electrons. The van der Waals surface area contributed by atoms with Crippen molar-refractivity contribution in [3.63, 3.8) is 0 Å². The highest BCUT2D eigenvalue weighted by Gasteiger charge is 2.65. The zero-order valence-corrected chi connectivity index (χ0v) is 9.81. The SMILES string of the molecule is COc1cc(C2(C(F)(F)F)N=N2)ccc1/C=C/C=O. The smallest absolute Gasteiger partial charge is 0.442 e. The van der Waals surface area contributed by atoms with Crippen molar-refractivity contribution in [1.29, 1.82) is 0 Å². The molecule has 0 fully saturated rings. The third-order valence-corrected chi connectivity index (χ3v) is 2.69. The number of ether oxygens (including phenoxy) is 1. The molecular weight excluding hydrogens is 261 g/mol. The number of nitrogens with zero attached hydrogens (tertiary/aromatic N) is 2. The Morgan fingerprint density at radius 2 is 2.00 bits per heavy atom. The fourth-order valence-corrected chi connectivity index (χ4v) is 1.65. The van der Waals surface area contributed by atoms with Gasteiger partial charge < -0.3 is 4.74 Å². The third kappa shape index (κ3) is 2.23. The van der Waals surface area contributed by atoms with Gasteiger partial charge in [0.2, 0.25) is 0 Å². The normalized spacial score (nSPS) is 16.6. The number of benzene rings is 1. The van der Waals surface area contributed by atoms with Gasteiger partial charge in [-0.3, -0.25) is 4.79 Å². The number of hydrogen-bond donors (Lipinski definition) is 0. The van der Waals surface area contributed by atoms with Crippen molar-refractivity contribution in [2.24, 2.45) is 10.2 Å². The van der Waals surface area contributed by atoms with Crippen LogP contribution in [0.1, 0.15) is 11.1 Å². The summed E-state index contributed by atoms with van der Waals surface area (Å²) in [5, 5.41) is 6.23. The fourth-order valence-electron chi connectivity index (χ4n) is 1.65. The number of rotatable bonds is 4. The molecule has 0 atom stereocenters. The molecule has 0 spiro atoms. The van der Waals surface area contributed by atoms with Crippen LogP contribution in [0.25, 0.3) is 6.08 Å². The largest absolute Gasteiger partial charge is 0.496 e. The third-order valence-electron chi connectivity index (χ3n) is 2.69. The van der Waals surface area contributed by atoms with Crippen molar-refractivity contribution in [2.45, 2.75) is 11.8 Å². The Balaban J connectivity index is 2.40. The number of allylic oxidation sites excluding steroid dienone is 1. The van der Waals surface area contributed by atoms with E-state index >= 15 is 0 Å². The van der Waals surface area contributed by atoms with Crippen LogP contribution in [0, 0.1) is 0 Å². The molecular formula is C12H9F3N2O2. The molecule has 0 aromatic heterocycles. The lowest BCUT2D eigenvalue weighted by Gasteiger charge is -2.16. The molecule has 0 bridgehead atoms. The standard InChI is InChI=1S/C12H9F3N2O2/c1-19-10-7-9(5-4-8(10)3-2-6-18)11(16-17-11)12(13,14)15/h2-7H,1H3/b3-2+. The minimum Gasteiger partial charge on any atom is -0.496 e. The first-order valence-electron chi connectivity index (χ1n) is 5.26. The van der Waals surface area contributed by atoms with Crippen LogP contribution in [-0.2, 0) is 10.5 Å². The molecule has 1 heterocycles. The van der Waals surface area contributed by atoms with Crippen molar-refractivity contribution < 1.29 is 22.7 Å². The van der Waals surface area contributed by atoms with E-state index in [9.17, 15) is 18.0 Å². The van der Waals surface area contributed by atoms with Crippen molar-refractivity contribution in [3.05, 3.63) is 35.4 Å². The van der Waals surface area contributed by atoms with Gasteiger partial charge in [-0.15, -0.1) is 10.2 Å². The number of carbonyl (C=O) groups excluding carboxylic acids is 1. The summed E-state index contributed by atoms with van der Waals surface area (Å²) < 4.78 is 43.5. The quantitative estimate of drug-likeness (QED) is 0.623. The number of hydrogen-bond acceptors (Lipinski definition) is 4. The molecule has 0 N–H and O–H groups in total. The van der Waals surface area contributed by atoms with Crippen LogP contribution in [0.2, 0.25) is 0 Å². The van der Waals surface area contributed by atoms with E-state index in [1.807, 2.05) is 0 Å². The monoisotopic (exact) mass is 270 g/mol. The van der Waals surface area contributed by atoms with Gasteiger partial charge in [-0.05, 0) is 18.2 Å². The predicted molar refractivity (Wildman–Crippen MR) is 60.7 cm³/mol. The first-order valence-corrected chi connectivity index (χ1v) is 5.26. The molecule has 1 aromatic carbocycles. The first-order chi connectivity index (χ1) is 8.94. The second-order valence-electron chi connectivity index (χ2n) is 3.82. The van der Waals surface area contributed by atoms with Gasteiger partial charge in [0.15, 0.2) is 0 Å². The van der Waals surface area contributed by atoms with Gasteiger partial charge in [-0.1, -0.05) is 12.1 Å². The highest BCUT2D eigenvalue weighted by atomic mass is 19.4. The van der Waals surface area contributed by atoms with E-state index in [4.69, 9.17) is 4.74 Å². The lowest BCUT2D eigenvalue weighted by Crippen LogP contribution is -2.30. The maximum Gasteiger partial charge on any atom is 0.442 e. The Morgan fingerprint density at radius 1 is 1.32 bits per heavy atom. The van der Waals surface area contributed by atoms with E-state index < -0.39 is 11.8 Å². The first kappa shape index (κ1) is 13.3. The fraction of sp³-hybridized carbons (Fsp3) is 0.250. The summed E-state index contributed by atoms with van der Waals surface area (Å²) in [5.74, 6) is 0.219. The molecule has 1 aliphatic heterocycles. The molecule has 7 heteroatoms. The van der Waals surface area contributed by atoms with Gasteiger partial charge in [-0.2, -0.15) is 13.2 Å². The summed E-state index contributed by atoms with van der Waals surface area (Å²) in [6, 6.07) is 3.91. The van der Waals surface area contributed by atoms with Crippen LogP contribution < -0.4 is 4.74 Å². The topological polar surface area (TPSA) is 51.0 Å². The van der Waals surface area contributed by atoms with Gasteiger partial charge in [-0.25, -0.2) is 0 Å². The Kier molecular flexibility index (Phi) is 3.13. The summed E-state index contributed by atoms with van der Waals surface area (Å²) in [5.41, 5.74) is -2.08. The van der Waals surface area contributed by atoms with E-state index in [2.05, 4.69) is 10.2 Å². The van der Waals surface area contributed by atoms with Crippen LogP contribution in [-0.4, -0.2) is 19.6 Å². The Labute approximate surface area is 106 Å². The highest BCUT2D eigenvalue weighted by molar-refractivity contribution is 5.75. The van der Waals surface area contributed by atoms with Gasteiger partial charge in [0, 0.05) is 11.1 Å². The second-order valence-corrected chi connectivity index (χ2v) is 3.82. The van der Waals surface area contributed by atoms with Crippen molar-refractivity contribution in [2.75, 3.05) is 7.11 Å². The molecule has 19 heavy (non-hydrogen) atoms. The molecule has 0 aliphatic carbocycles. The van der Waals surface area contributed by atoms with E-state index in [0.717, 1.165) is 0 Å². The Hall–Kier alpha value is -2.18. The van der Waals surface area contributed by atoms with E-state index in [1.165, 1.54) is 37.5 Å². The number of halogens is 3. The minimum absolute atomic E-state index is 0.111. The van der Waals surface area contributed by atoms with Gasteiger partial charge in [0.05, 0.1) is 7.11 Å². The Bertz CT molecular complexity index is 559. The lowest BCUT2D eigenvalue weighted by atomic mass is 10.0. The van der Waals surface area contributed by atoms with Gasteiger partial charge >= 0.3 is 11.8 Å². The van der Waals surface area contributed by atoms with Crippen LogP contribution in [0.5, 0.6) is 5.75 Å². The molecule has 0 saturated heterocycles. The van der Waals surface area contributed by atoms with Gasteiger partial charge in [0.25, 0.3) is 0 Å². The molecule has 1 aromatic rings. The zero-order valence-electron chi connectivity index (χ0n) is 9.81. The van der Waals surface area contributed by atoms with E-state index in [0.29, 0.717) is 11.8 Å². The summed E-state index contributed by atoms with van der Waals surface area (Å²) in [6.07, 6.45) is -1.34. The summed E-state index contributed by atoms with van der Waals surface area (Å²) in [6.45, 7) is 0. The maximum absolute atomic E-state index is 12.8. The molecule has 2 rings (SSSR count). The van der Waals surface area contributed by atoms with Crippen LogP contribution in [0.4, 0.5) is 13.2 Å². The van der Waals surface area contributed by atoms with Gasteiger partial charge in [0.1, 0.15) is 12.0 Å². The molecule has 0 radical (unpaired) electrons. The van der Waals surface area contributed by atoms with Crippen molar-refractivity contribution in [3.8, 4) is 5.75 Å². The molecule has 0 amide bonds. The van der Waals surface area contributed by atoms with Crippen molar-refractivity contribution >= 4 is 12.4 Å². The zero-order chi connectivity index (χ0) is 14.1. The number of alkyl halides is 3. The maximum atomic E-state index is 12.8. The molecule has 0 saturated carbocycles. The van der Waals surface area contributed by atoms with Crippen LogP contribution in [0.3, 0.4) is 0 Å². The Morgan fingerprint density at radius 3 is 2.47 bits per heavy atom. The van der Waals surface area contributed by atoms with E-state index in [1.54, 1.807) is 0 Å². The van der Waals surface area contributed by atoms with Crippen LogP contribution >= 0.6 is 0 Å². The predicted octanol–water partition coefficient (Wildman–Crippen LogP) is 3.09. The minimum atomic E-state index is -4.57. The summed E-state index contributed by atoms with van der Waals surface area (Å²) in [4.78, 5) is 10.2. The highest BCUT2D eigenvalue weighted by Crippen LogP contribution is 2.52. The molecule has 1 aliphatic rings. The summed E-state index contributed by atoms with van der Waals surface area (Å²) in [7, 11) is 1.33. The van der Waals surface area contributed by atoms with Crippen molar-refractivity contribution in [1.82, 2.24) is 0 Å². The second kappa shape index (κ2) is 4.49. The lowest BCUT2D eigenvalue weighted by molar-refractivity contribution is -0.166. The number of methoxy groups -OCH3 is 1. The molecule has 4 nitrogen and oxygen atoms in total. The number of aldehydes is 1. The van der Waals surface area contributed by atoms with Crippen LogP contribution in [0.15, 0.2) is 34.5 Å².